The van der Waals surface area contributed by atoms with Crippen molar-refractivity contribution >= 4 is 32.4 Å². The van der Waals surface area contributed by atoms with Crippen LogP contribution in [0.3, 0.4) is 0 Å². The highest BCUT2D eigenvalue weighted by atomic mass is 32.2. The fourth-order valence-electron chi connectivity index (χ4n) is 4.37. The van der Waals surface area contributed by atoms with Crippen LogP contribution in [0.4, 0.5) is 20.3 Å². The number of hydrogen-bond donors (Lipinski definition) is 2. The highest BCUT2D eigenvalue weighted by Gasteiger charge is 2.49. The van der Waals surface area contributed by atoms with Gasteiger partial charge >= 0.3 is 0 Å². The molecule has 1 aliphatic rings. The Labute approximate surface area is 200 Å². The predicted molar refractivity (Wildman–Crippen MR) is 132 cm³/mol. The van der Waals surface area contributed by atoms with Crippen LogP contribution in [0.1, 0.15) is 5.56 Å². The van der Waals surface area contributed by atoms with E-state index in [4.69, 9.17) is 5.14 Å². The molecule has 10 heteroatoms. The van der Waals surface area contributed by atoms with Crippen LogP contribution in [-0.2, 0) is 22.7 Å². The summed E-state index contributed by atoms with van der Waals surface area (Å²) in [5.74, 6) is -0.638. The molecule has 7 nitrogen and oxygen atoms in total. The second-order valence-corrected chi connectivity index (χ2v) is 9.96. The van der Waals surface area contributed by atoms with E-state index >= 15 is 4.39 Å². The molecule has 0 aliphatic heterocycles. The van der Waals surface area contributed by atoms with Crippen molar-refractivity contribution in [3.63, 3.8) is 0 Å². The van der Waals surface area contributed by atoms with Crippen LogP contribution >= 0.6 is 0 Å². The van der Waals surface area contributed by atoms with Gasteiger partial charge in [0.1, 0.15) is 18.0 Å². The number of anilines is 2. The second-order valence-electron chi connectivity index (χ2n) is 8.31. The molecule has 2 aromatic heterocycles. The van der Waals surface area contributed by atoms with Gasteiger partial charge in [0.05, 0.1) is 5.69 Å². The number of benzene rings is 2. The lowest BCUT2D eigenvalue weighted by molar-refractivity contribution is 0.219. The van der Waals surface area contributed by atoms with Crippen molar-refractivity contribution < 1.29 is 17.2 Å². The maximum Gasteiger partial charge on any atom is 0.222 e. The third-order valence-corrected chi connectivity index (χ3v) is 7.22. The Bertz CT molecular complexity index is 1600. The van der Waals surface area contributed by atoms with E-state index in [0.717, 1.165) is 40.4 Å². The molecule has 0 radical (unpaired) electrons. The van der Waals surface area contributed by atoms with Crippen LogP contribution in [0.25, 0.3) is 22.2 Å². The highest BCUT2D eigenvalue weighted by Crippen LogP contribution is 2.41. The second kappa shape index (κ2) is 8.40. The molecule has 0 amide bonds. The van der Waals surface area contributed by atoms with E-state index in [2.05, 4.69) is 15.3 Å². The fraction of sp³-hybridized carbons (Fsp3) is 0.120. The third-order valence-electron chi connectivity index (χ3n) is 5.99. The highest BCUT2D eigenvalue weighted by molar-refractivity contribution is 7.90. The first-order valence-corrected chi connectivity index (χ1v) is 12.3. The summed E-state index contributed by atoms with van der Waals surface area (Å²) < 4.78 is 55.9. The van der Waals surface area contributed by atoms with Gasteiger partial charge in [0.2, 0.25) is 10.0 Å². The molecule has 0 spiro atoms. The van der Waals surface area contributed by atoms with E-state index in [1.54, 1.807) is 18.2 Å². The summed E-state index contributed by atoms with van der Waals surface area (Å²) in [4.78, 5) is 8.67. The number of rotatable bonds is 5. The zero-order chi connectivity index (χ0) is 24.8. The number of sulfonamides is 1. The van der Waals surface area contributed by atoms with Gasteiger partial charge in [0.15, 0.2) is 10.9 Å². The SMILES string of the molecule is Cn1cc(-c2cc(Nc3ccc(C4(F)C=CC=C(F)C4S(N)(=O)=O)cc3)ncn2)c2ccccc21. The summed E-state index contributed by atoms with van der Waals surface area (Å²) in [6.07, 6.45) is 6.47. The molecular formula is C25H21F2N5O2S. The first-order valence-electron chi connectivity index (χ1n) is 10.7. The number of aromatic nitrogens is 3. The van der Waals surface area contributed by atoms with Gasteiger partial charge in [-0.05, 0) is 35.9 Å². The van der Waals surface area contributed by atoms with Crippen LogP contribution in [-0.4, -0.2) is 28.2 Å². The molecule has 178 valence electrons. The molecule has 0 saturated heterocycles. The molecule has 2 heterocycles. The molecule has 35 heavy (non-hydrogen) atoms. The number of alkyl halides is 1. The van der Waals surface area contributed by atoms with Gasteiger partial charge in [0.25, 0.3) is 0 Å². The summed E-state index contributed by atoms with van der Waals surface area (Å²) in [6, 6.07) is 15.7. The van der Waals surface area contributed by atoms with Crippen molar-refractivity contribution in [2.24, 2.45) is 12.2 Å². The standard InChI is InChI=1S/C25H21F2N5O2S/c1-32-14-19(18-5-2-3-7-22(18)32)21-13-23(30-15-29-21)31-17-10-8-16(9-11-17)25(27)12-4-6-20(26)24(25)35(28,33)34/h2-15,24H,1H3,(H2,28,33,34)(H,29,30,31). The van der Waals surface area contributed by atoms with Crippen molar-refractivity contribution in [1.29, 1.82) is 0 Å². The lowest BCUT2D eigenvalue weighted by Gasteiger charge is -2.31. The van der Waals surface area contributed by atoms with Crippen LogP contribution in [0.5, 0.6) is 0 Å². The number of hydrogen-bond acceptors (Lipinski definition) is 5. The zero-order valence-corrected chi connectivity index (χ0v) is 19.4. The predicted octanol–water partition coefficient (Wildman–Crippen LogP) is 4.62. The Balaban J connectivity index is 1.43. The lowest BCUT2D eigenvalue weighted by Crippen LogP contribution is -2.45. The Hall–Kier alpha value is -3.89. The van der Waals surface area contributed by atoms with Gasteiger partial charge in [-0.15, -0.1) is 0 Å². The number of nitrogens with one attached hydrogen (secondary N) is 1. The van der Waals surface area contributed by atoms with Gasteiger partial charge in [-0.3, -0.25) is 0 Å². The summed E-state index contributed by atoms with van der Waals surface area (Å²) in [5, 5.41) is 7.18. The van der Waals surface area contributed by atoms with Crippen LogP contribution in [0.15, 0.2) is 91.2 Å². The molecule has 0 bridgehead atoms. The van der Waals surface area contributed by atoms with E-state index in [0.29, 0.717) is 11.5 Å². The number of nitrogens with two attached hydrogens (primary N) is 1. The molecule has 3 N–H and O–H groups in total. The summed E-state index contributed by atoms with van der Waals surface area (Å²) in [6.45, 7) is 0. The van der Waals surface area contributed by atoms with E-state index in [-0.39, 0.29) is 5.56 Å². The van der Waals surface area contributed by atoms with Crippen LogP contribution < -0.4 is 10.5 Å². The maximum atomic E-state index is 15.8. The largest absolute Gasteiger partial charge is 0.350 e. The first kappa shape index (κ1) is 22.9. The van der Waals surface area contributed by atoms with E-state index in [9.17, 15) is 12.8 Å². The average Bonchev–Trinajstić information content (AvgIpc) is 3.15. The molecule has 0 fully saturated rings. The first-order chi connectivity index (χ1) is 16.7. The van der Waals surface area contributed by atoms with Gasteiger partial charge in [0, 0.05) is 41.5 Å². The average molecular weight is 494 g/mol. The zero-order valence-electron chi connectivity index (χ0n) is 18.6. The summed E-state index contributed by atoms with van der Waals surface area (Å²) >= 11 is 0. The minimum atomic E-state index is -4.54. The molecule has 2 aromatic carbocycles. The van der Waals surface area contributed by atoms with Gasteiger partial charge < -0.3 is 9.88 Å². The molecule has 0 saturated carbocycles. The van der Waals surface area contributed by atoms with Crippen molar-refractivity contribution in [3.8, 4) is 11.3 Å². The number of fused-ring (bicyclic) bond motifs is 1. The number of para-hydroxylation sites is 1. The minimum Gasteiger partial charge on any atom is -0.350 e. The van der Waals surface area contributed by atoms with Crippen molar-refractivity contribution in [1.82, 2.24) is 14.5 Å². The van der Waals surface area contributed by atoms with Crippen molar-refractivity contribution in [2.75, 3.05) is 5.32 Å². The molecule has 2 atom stereocenters. The fourth-order valence-corrected chi connectivity index (χ4v) is 5.46. The Kier molecular flexibility index (Phi) is 5.49. The Morgan fingerprint density at radius 1 is 1.11 bits per heavy atom. The molecule has 5 rings (SSSR count). The van der Waals surface area contributed by atoms with E-state index in [1.165, 1.54) is 18.5 Å². The van der Waals surface area contributed by atoms with Gasteiger partial charge in [-0.1, -0.05) is 36.4 Å². The Morgan fingerprint density at radius 2 is 1.86 bits per heavy atom. The molecule has 4 aromatic rings. The van der Waals surface area contributed by atoms with Crippen molar-refractivity contribution in [2.45, 2.75) is 10.9 Å². The van der Waals surface area contributed by atoms with E-state index < -0.39 is 26.8 Å². The molecule has 1 aliphatic carbocycles. The Morgan fingerprint density at radius 3 is 2.60 bits per heavy atom. The smallest absolute Gasteiger partial charge is 0.222 e. The number of halogens is 2. The quantitative estimate of drug-likeness (QED) is 0.422. The number of nitrogens with zero attached hydrogens (tertiary/aromatic N) is 3. The normalized spacial score (nSPS) is 20.1. The van der Waals surface area contributed by atoms with Gasteiger partial charge in [-0.25, -0.2) is 32.3 Å². The minimum absolute atomic E-state index is 0.0410. The summed E-state index contributed by atoms with van der Waals surface area (Å²) in [5.41, 5.74) is 0.651. The van der Waals surface area contributed by atoms with Crippen LogP contribution in [0, 0.1) is 0 Å². The van der Waals surface area contributed by atoms with Crippen molar-refractivity contribution in [3.05, 3.63) is 96.7 Å². The molecular weight excluding hydrogens is 472 g/mol. The number of aryl methyl sites for hydroxylation is 1. The monoisotopic (exact) mass is 493 g/mol. The van der Waals surface area contributed by atoms with E-state index in [1.807, 2.05) is 42.1 Å². The molecule has 2 unspecified atom stereocenters. The number of primary sulfonamides is 1. The topological polar surface area (TPSA) is 103 Å². The maximum absolute atomic E-state index is 15.8. The number of allylic oxidation sites excluding steroid dienone is 3. The third kappa shape index (κ3) is 4.11. The summed E-state index contributed by atoms with van der Waals surface area (Å²) in [7, 11) is -2.57. The lowest BCUT2D eigenvalue weighted by atomic mass is 9.88. The van der Waals surface area contributed by atoms with Crippen LogP contribution in [0.2, 0.25) is 0 Å². The van der Waals surface area contributed by atoms with Gasteiger partial charge in [-0.2, -0.15) is 0 Å².